The molecule has 3 aromatic rings. The van der Waals surface area contributed by atoms with Gasteiger partial charge in [0.25, 0.3) is 5.91 Å². The van der Waals surface area contributed by atoms with Crippen molar-refractivity contribution in [3.8, 4) is 5.75 Å². The zero-order valence-corrected chi connectivity index (χ0v) is 18.0. The quantitative estimate of drug-likeness (QED) is 0.535. The molecule has 0 fully saturated rings. The van der Waals surface area contributed by atoms with Gasteiger partial charge in [-0.05, 0) is 63.1 Å². The molecule has 0 bridgehead atoms. The second kappa shape index (κ2) is 8.48. The number of esters is 1. The van der Waals surface area contributed by atoms with Crippen molar-refractivity contribution < 1.29 is 23.8 Å². The first-order valence-electron chi connectivity index (χ1n) is 9.69. The van der Waals surface area contributed by atoms with E-state index in [9.17, 15) is 19.1 Å². The van der Waals surface area contributed by atoms with Gasteiger partial charge >= 0.3 is 5.97 Å². The summed E-state index contributed by atoms with van der Waals surface area (Å²) in [6.07, 6.45) is 0.412. The molecule has 0 amide bonds. The maximum absolute atomic E-state index is 14.2. The number of phenols is 1. The fourth-order valence-electron chi connectivity index (χ4n) is 3.48. The number of nitrogens with zero attached hydrogens (tertiary/aromatic N) is 1. The van der Waals surface area contributed by atoms with E-state index < -0.39 is 29.4 Å². The Balaban J connectivity index is 2.20. The predicted molar refractivity (Wildman–Crippen MR) is 114 cm³/mol. The lowest BCUT2D eigenvalue weighted by molar-refractivity contribution is -0.149. The number of rotatable bonds is 5. The van der Waals surface area contributed by atoms with Crippen LogP contribution in [0.5, 0.6) is 5.75 Å². The van der Waals surface area contributed by atoms with E-state index in [0.29, 0.717) is 33.7 Å². The molecular formula is C23H23ClFNO4. The minimum absolute atomic E-state index is 0.254. The van der Waals surface area contributed by atoms with E-state index in [-0.39, 0.29) is 11.6 Å². The van der Waals surface area contributed by atoms with E-state index in [0.717, 1.165) is 6.07 Å². The fourth-order valence-corrected chi connectivity index (χ4v) is 3.61. The summed E-state index contributed by atoms with van der Waals surface area (Å²) < 4.78 is 21.0. The van der Waals surface area contributed by atoms with E-state index >= 15 is 0 Å². The standard InChI is InChI=1S/C23H23ClFNO4/c1-5-12(2)30-23(29)13(3)21-14(4)26(19-11-18(25)20(27)10-17(19)21)22(28)15-6-8-16(24)9-7-15/h6-13,27H,5H2,1-4H3. The fraction of sp³-hybridized carbons (Fsp3) is 0.304. The number of aromatic hydroxyl groups is 1. The second-order valence-corrected chi connectivity index (χ2v) is 7.78. The molecule has 0 aliphatic heterocycles. The molecule has 1 aromatic heterocycles. The minimum Gasteiger partial charge on any atom is -0.505 e. The molecule has 3 rings (SSSR count). The summed E-state index contributed by atoms with van der Waals surface area (Å²) in [5, 5.41) is 10.8. The third-order valence-corrected chi connectivity index (χ3v) is 5.55. The molecule has 0 saturated carbocycles. The summed E-state index contributed by atoms with van der Waals surface area (Å²) in [4.78, 5) is 25.9. The maximum Gasteiger partial charge on any atom is 0.313 e. The van der Waals surface area contributed by atoms with E-state index in [1.165, 1.54) is 10.6 Å². The second-order valence-electron chi connectivity index (χ2n) is 7.34. The average molecular weight is 432 g/mol. The third kappa shape index (κ3) is 3.92. The summed E-state index contributed by atoms with van der Waals surface area (Å²) >= 11 is 5.91. The topological polar surface area (TPSA) is 68.5 Å². The number of phenolic OH excluding ortho intramolecular Hbond substituents is 1. The Hall–Kier alpha value is -2.86. The van der Waals surface area contributed by atoms with Gasteiger partial charge in [-0.3, -0.25) is 14.2 Å². The van der Waals surface area contributed by atoms with Crippen molar-refractivity contribution in [2.75, 3.05) is 0 Å². The molecule has 1 N–H and O–H groups in total. The van der Waals surface area contributed by atoms with Crippen LogP contribution in [0.1, 0.15) is 54.7 Å². The number of halogens is 2. The zero-order chi connectivity index (χ0) is 22.2. The smallest absolute Gasteiger partial charge is 0.313 e. The van der Waals surface area contributed by atoms with Gasteiger partial charge in [-0.25, -0.2) is 4.39 Å². The van der Waals surface area contributed by atoms with Gasteiger partial charge < -0.3 is 9.84 Å². The van der Waals surface area contributed by atoms with Crippen LogP contribution >= 0.6 is 11.6 Å². The molecule has 2 atom stereocenters. The maximum atomic E-state index is 14.2. The molecule has 0 radical (unpaired) electrons. The van der Waals surface area contributed by atoms with Crippen molar-refractivity contribution in [2.24, 2.45) is 0 Å². The number of ether oxygens (including phenoxy) is 1. The highest BCUT2D eigenvalue weighted by Crippen LogP contribution is 2.36. The lowest BCUT2D eigenvalue weighted by Crippen LogP contribution is -2.20. The highest BCUT2D eigenvalue weighted by molar-refractivity contribution is 6.30. The van der Waals surface area contributed by atoms with Crippen molar-refractivity contribution >= 4 is 34.4 Å². The van der Waals surface area contributed by atoms with Crippen LogP contribution in [0.4, 0.5) is 4.39 Å². The Kier molecular flexibility index (Phi) is 6.17. The van der Waals surface area contributed by atoms with Crippen LogP contribution in [0.2, 0.25) is 5.02 Å². The molecule has 2 unspecified atom stereocenters. The minimum atomic E-state index is -0.855. The van der Waals surface area contributed by atoms with Gasteiger partial charge in [-0.1, -0.05) is 18.5 Å². The van der Waals surface area contributed by atoms with Crippen LogP contribution in [-0.4, -0.2) is 27.7 Å². The molecular weight excluding hydrogens is 409 g/mol. The summed E-state index contributed by atoms with van der Waals surface area (Å²) in [5.41, 5.74) is 1.61. The molecule has 5 nitrogen and oxygen atoms in total. The molecule has 0 aliphatic rings. The first-order valence-corrected chi connectivity index (χ1v) is 10.1. The molecule has 0 saturated heterocycles. The van der Waals surface area contributed by atoms with Gasteiger partial charge in [-0.15, -0.1) is 0 Å². The largest absolute Gasteiger partial charge is 0.505 e. The van der Waals surface area contributed by atoms with Crippen molar-refractivity contribution in [3.05, 3.63) is 64.1 Å². The SMILES string of the molecule is CCC(C)OC(=O)C(C)c1c(C)n(C(=O)c2ccc(Cl)cc2)c2cc(F)c(O)cc12. The van der Waals surface area contributed by atoms with Crippen LogP contribution in [0.25, 0.3) is 10.9 Å². The Labute approximate surface area is 179 Å². The summed E-state index contributed by atoms with van der Waals surface area (Å²) in [5.74, 6) is -2.97. The number of benzene rings is 2. The average Bonchev–Trinajstić information content (AvgIpc) is 2.98. The summed E-state index contributed by atoms with van der Waals surface area (Å²) in [6.45, 7) is 7.06. The van der Waals surface area contributed by atoms with Crippen molar-refractivity contribution in [2.45, 2.75) is 46.1 Å². The van der Waals surface area contributed by atoms with Crippen LogP contribution in [0.15, 0.2) is 36.4 Å². The lowest BCUT2D eigenvalue weighted by Gasteiger charge is -2.16. The number of hydrogen-bond acceptors (Lipinski definition) is 4. The van der Waals surface area contributed by atoms with Gasteiger partial charge in [0, 0.05) is 27.7 Å². The predicted octanol–water partition coefficient (Wildman–Crippen LogP) is 5.58. The van der Waals surface area contributed by atoms with Crippen molar-refractivity contribution in [1.82, 2.24) is 4.57 Å². The van der Waals surface area contributed by atoms with Crippen LogP contribution < -0.4 is 0 Å². The molecule has 158 valence electrons. The van der Waals surface area contributed by atoms with Gasteiger partial charge in [0.15, 0.2) is 11.6 Å². The number of aromatic nitrogens is 1. The summed E-state index contributed by atoms with van der Waals surface area (Å²) in [7, 11) is 0. The Morgan fingerprint density at radius 1 is 1.20 bits per heavy atom. The van der Waals surface area contributed by atoms with Gasteiger partial charge in [0.05, 0.1) is 17.5 Å². The molecule has 0 aliphatic carbocycles. The number of carbonyl (C=O) groups excluding carboxylic acids is 2. The number of fused-ring (bicyclic) bond motifs is 1. The Morgan fingerprint density at radius 2 is 1.83 bits per heavy atom. The van der Waals surface area contributed by atoms with Crippen LogP contribution in [0.3, 0.4) is 0 Å². The number of hydrogen-bond donors (Lipinski definition) is 1. The van der Waals surface area contributed by atoms with Gasteiger partial charge in [0.1, 0.15) is 0 Å². The summed E-state index contributed by atoms with van der Waals surface area (Å²) in [6, 6.07) is 8.68. The monoisotopic (exact) mass is 431 g/mol. The van der Waals surface area contributed by atoms with E-state index in [1.54, 1.807) is 45.0 Å². The highest BCUT2D eigenvalue weighted by atomic mass is 35.5. The first kappa shape index (κ1) is 21.8. The molecule has 7 heteroatoms. The van der Waals surface area contributed by atoms with E-state index in [2.05, 4.69) is 0 Å². The van der Waals surface area contributed by atoms with Crippen molar-refractivity contribution in [3.63, 3.8) is 0 Å². The van der Waals surface area contributed by atoms with E-state index in [1.807, 2.05) is 6.92 Å². The van der Waals surface area contributed by atoms with Crippen LogP contribution in [0, 0.1) is 12.7 Å². The lowest BCUT2D eigenvalue weighted by atomic mass is 9.97. The highest BCUT2D eigenvalue weighted by Gasteiger charge is 2.29. The Bertz CT molecular complexity index is 1120. The third-order valence-electron chi connectivity index (χ3n) is 5.29. The normalized spacial score (nSPS) is 13.3. The zero-order valence-electron chi connectivity index (χ0n) is 17.2. The molecule has 1 heterocycles. The molecule has 0 spiro atoms. The Morgan fingerprint density at radius 3 is 2.43 bits per heavy atom. The van der Waals surface area contributed by atoms with Crippen LogP contribution in [-0.2, 0) is 9.53 Å². The number of carbonyl (C=O) groups is 2. The van der Waals surface area contributed by atoms with E-state index in [4.69, 9.17) is 16.3 Å². The van der Waals surface area contributed by atoms with Crippen molar-refractivity contribution in [1.29, 1.82) is 0 Å². The van der Waals surface area contributed by atoms with Gasteiger partial charge in [-0.2, -0.15) is 0 Å². The molecule has 30 heavy (non-hydrogen) atoms. The van der Waals surface area contributed by atoms with Gasteiger partial charge in [0.2, 0.25) is 0 Å². The first-order chi connectivity index (χ1) is 14.1. The molecule has 2 aromatic carbocycles.